The number of hydrogen-bond donors (Lipinski definition) is 1. The van der Waals surface area contributed by atoms with E-state index in [-0.39, 0.29) is 18.2 Å². The van der Waals surface area contributed by atoms with Crippen LogP contribution in [0.5, 0.6) is 0 Å². The Morgan fingerprint density at radius 3 is 2.71 bits per heavy atom. The van der Waals surface area contributed by atoms with Gasteiger partial charge in [0, 0.05) is 25.3 Å². The average molecular weight is 296 g/mol. The molecule has 0 radical (unpaired) electrons. The lowest BCUT2D eigenvalue weighted by Crippen LogP contribution is -2.45. The van der Waals surface area contributed by atoms with Crippen molar-refractivity contribution in [2.45, 2.75) is 31.7 Å². The van der Waals surface area contributed by atoms with Gasteiger partial charge in [-0.1, -0.05) is 0 Å². The molecular formula is C14H17FN2O4. The standard InChI is InChI=1S/C14H17FN2O4/c15-10-5-6-13(17(20)21)12(9-10)14(19)16(7-2-8-18)11-3-1-4-11/h5-6,9,11,18H,1-4,7-8H2. The molecule has 1 aliphatic rings. The van der Waals surface area contributed by atoms with Crippen LogP contribution in [0.25, 0.3) is 0 Å². The van der Waals surface area contributed by atoms with Crippen molar-refractivity contribution in [1.82, 2.24) is 4.90 Å². The van der Waals surface area contributed by atoms with Crippen LogP contribution < -0.4 is 0 Å². The van der Waals surface area contributed by atoms with E-state index < -0.39 is 22.3 Å². The minimum Gasteiger partial charge on any atom is -0.396 e. The van der Waals surface area contributed by atoms with Gasteiger partial charge in [0.2, 0.25) is 0 Å². The zero-order valence-corrected chi connectivity index (χ0v) is 11.5. The van der Waals surface area contributed by atoms with Crippen LogP contribution in [0, 0.1) is 15.9 Å². The maximum atomic E-state index is 13.3. The van der Waals surface area contributed by atoms with E-state index in [1.54, 1.807) is 0 Å². The predicted molar refractivity (Wildman–Crippen MR) is 73.4 cm³/mol. The second-order valence-corrected chi connectivity index (χ2v) is 5.08. The number of aliphatic hydroxyl groups excluding tert-OH is 1. The fourth-order valence-corrected chi connectivity index (χ4v) is 2.38. The van der Waals surface area contributed by atoms with Gasteiger partial charge in [-0.25, -0.2) is 4.39 Å². The molecule has 0 aromatic heterocycles. The molecule has 0 bridgehead atoms. The van der Waals surface area contributed by atoms with Gasteiger partial charge in [0.05, 0.1) is 4.92 Å². The highest BCUT2D eigenvalue weighted by molar-refractivity contribution is 5.98. The van der Waals surface area contributed by atoms with Crippen molar-refractivity contribution in [3.05, 3.63) is 39.7 Å². The lowest BCUT2D eigenvalue weighted by atomic mass is 9.90. The summed E-state index contributed by atoms with van der Waals surface area (Å²) < 4.78 is 13.3. The molecule has 1 aromatic rings. The Bertz CT molecular complexity index is 546. The maximum Gasteiger partial charge on any atom is 0.282 e. The highest BCUT2D eigenvalue weighted by atomic mass is 19.1. The monoisotopic (exact) mass is 296 g/mol. The zero-order valence-electron chi connectivity index (χ0n) is 11.5. The third-order valence-corrected chi connectivity index (χ3v) is 3.72. The topological polar surface area (TPSA) is 83.7 Å². The third kappa shape index (κ3) is 3.36. The van der Waals surface area contributed by atoms with E-state index in [0.717, 1.165) is 37.5 Å². The van der Waals surface area contributed by atoms with E-state index in [2.05, 4.69) is 0 Å². The van der Waals surface area contributed by atoms with Gasteiger partial charge >= 0.3 is 0 Å². The van der Waals surface area contributed by atoms with Gasteiger partial charge in [-0.15, -0.1) is 0 Å². The molecule has 1 saturated carbocycles. The molecule has 0 spiro atoms. The molecule has 0 saturated heterocycles. The number of carbonyl (C=O) groups is 1. The van der Waals surface area contributed by atoms with Crippen LogP contribution in [0.3, 0.4) is 0 Å². The molecule has 1 N–H and O–H groups in total. The van der Waals surface area contributed by atoms with E-state index in [4.69, 9.17) is 5.11 Å². The number of halogens is 1. The normalized spacial score (nSPS) is 14.6. The number of hydrogen-bond acceptors (Lipinski definition) is 4. The van der Waals surface area contributed by atoms with E-state index in [0.29, 0.717) is 13.0 Å². The van der Waals surface area contributed by atoms with E-state index in [1.807, 2.05) is 0 Å². The summed E-state index contributed by atoms with van der Waals surface area (Å²) in [4.78, 5) is 24.4. The third-order valence-electron chi connectivity index (χ3n) is 3.72. The first kappa shape index (κ1) is 15.4. The van der Waals surface area contributed by atoms with E-state index in [1.165, 1.54) is 4.90 Å². The summed E-state index contributed by atoms with van der Waals surface area (Å²) in [6.07, 6.45) is 3.06. The quantitative estimate of drug-likeness (QED) is 0.643. The van der Waals surface area contributed by atoms with Crippen molar-refractivity contribution in [3.8, 4) is 0 Å². The van der Waals surface area contributed by atoms with Gasteiger partial charge in [-0.3, -0.25) is 14.9 Å². The van der Waals surface area contributed by atoms with Crippen molar-refractivity contribution in [3.63, 3.8) is 0 Å². The molecule has 7 heteroatoms. The van der Waals surface area contributed by atoms with Gasteiger partial charge < -0.3 is 10.0 Å². The lowest BCUT2D eigenvalue weighted by Gasteiger charge is -2.37. The summed E-state index contributed by atoms with van der Waals surface area (Å²) in [5.74, 6) is -1.22. The van der Waals surface area contributed by atoms with Crippen LogP contribution in [0.1, 0.15) is 36.0 Å². The summed E-state index contributed by atoms with van der Waals surface area (Å²) in [6, 6.07) is 2.90. The largest absolute Gasteiger partial charge is 0.396 e. The van der Waals surface area contributed by atoms with Crippen molar-refractivity contribution in [1.29, 1.82) is 0 Å². The zero-order chi connectivity index (χ0) is 15.4. The van der Waals surface area contributed by atoms with Crippen molar-refractivity contribution < 1.29 is 19.2 Å². The maximum absolute atomic E-state index is 13.3. The molecule has 0 aliphatic heterocycles. The number of rotatable bonds is 6. The second-order valence-electron chi connectivity index (χ2n) is 5.08. The molecule has 2 rings (SSSR count). The summed E-state index contributed by atoms with van der Waals surface area (Å²) in [5.41, 5.74) is -0.625. The molecule has 21 heavy (non-hydrogen) atoms. The van der Waals surface area contributed by atoms with Crippen molar-refractivity contribution in [2.75, 3.05) is 13.2 Å². The highest BCUT2D eigenvalue weighted by Crippen LogP contribution is 2.29. The Balaban J connectivity index is 2.30. The first-order valence-corrected chi connectivity index (χ1v) is 6.90. The number of amides is 1. The fraction of sp³-hybridized carbons (Fsp3) is 0.500. The van der Waals surface area contributed by atoms with Gasteiger partial charge in [0.25, 0.3) is 11.6 Å². The average Bonchev–Trinajstić information content (AvgIpc) is 2.40. The van der Waals surface area contributed by atoms with Crippen LogP contribution in [-0.2, 0) is 0 Å². The van der Waals surface area contributed by atoms with Crippen molar-refractivity contribution in [2.24, 2.45) is 0 Å². The van der Waals surface area contributed by atoms with Crippen LogP contribution >= 0.6 is 0 Å². The fourth-order valence-electron chi connectivity index (χ4n) is 2.38. The van der Waals surface area contributed by atoms with Crippen LogP contribution in [-0.4, -0.2) is 40.0 Å². The molecule has 1 amide bonds. The Labute approximate surface area is 121 Å². The molecule has 0 atom stereocenters. The number of nitrogens with zero attached hydrogens (tertiary/aromatic N) is 2. The van der Waals surface area contributed by atoms with Gasteiger partial charge in [0.15, 0.2) is 0 Å². The number of nitro benzene ring substituents is 1. The molecule has 1 fully saturated rings. The lowest BCUT2D eigenvalue weighted by molar-refractivity contribution is -0.385. The SMILES string of the molecule is O=C(c1cc(F)ccc1[N+](=O)[O-])N(CCCO)C1CCC1. The molecule has 0 unspecified atom stereocenters. The van der Waals surface area contributed by atoms with E-state index >= 15 is 0 Å². The molecular weight excluding hydrogens is 279 g/mol. The Kier molecular flexibility index (Phi) is 4.85. The second kappa shape index (κ2) is 6.62. The molecule has 1 aliphatic carbocycles. The molecule has 114 valence electrons. The van der Waals surface area contributed by atoms with Gasteiger partial charge in [-0.2, -0.15) is 0 Å². The highest BCUT2D eigenvalue weighted by Gasteiger charge is 2.32. The van der Waals surface area contributed by atoms with Crippen LogP contribution in [0.15, 0.2) is 18.2 Å². The molecule has 6 nitrogen and oxygen atoms in total. The number of benzene rings is 1. The summed E-state index contributed by atoms with van der Waals surface area (Å²) >= 11 is 0. The van der Waals surface area contributed by atoms with Crippen LogP contribution in [0.2, 0.25) is 0 Å². The van der Waals surface area contributed by atoms with Gasteiger partial charge in [-0.05, 0) is 37.8 Å². The van der Waals surface area contributed by atoms with Crippen molar-refractivity contribution >= 4 is 11.6 Å². The summed E-state index contributed by atoms with van der Waals surface area (Å²) in [6.45, 7) is 0.245. The van der Waals surface area contributed by atoms with E-state index in [9.17, 15) is 19.3 Å². The molecule has 1 aromatic carbocycles. The summed E-state index contributed by atoms with van der Waals surface area (Å²) in [7, 11) is 0. The Morgan fingerprint density at radius 2 is 2.19 bits per heavy atom. The predicted octanol–water partition coefficient (Wildman–Crippen LogP) is 2.11. The number of aliphatic hydroxyl groups is 1. The Morgan fingerprint density at radius 1 is 1.48 bits per heavy atom. The minimum atomic E-state index is -0.683. The Hall–Kier alpha value is -2.02. The molecule has 0 heterocycles. The van der Waals surface area contributed by atoms with Crippen LogP contribution in [0.4, 0.5) is 10.1 Å². The first-order chi connectivity index (χ1) is 10.0. The summed E-state index contributed by atoms with van der Waals surface area (Å²) in [5, 5.41) is 19.9. The number of carbonyl (C=O) groups excluding carboxylic acids is 1. The number of nitro groups is 1. The first-order valence-electron chi connectivity index (χ1n) is 6.90. The smallest absolute Gasteiger partial charge is 0.282 e. The minimum absolute atomic E-state index is 0.0203. The van der Waals surface area contributed by atoms with Gasteiger partial charge in [0.1, 0.15) is 11.4 Å².